The average Bonchev–Trinajstić information content (AvgIpc) is 3.04. The first-order valence-electron chi connectivity index (χ1n) is 8.64. The van der Waals surface area contributed by atoms with Gasteiger partial charge in [0.2, 0.25) is 5.95 Å². The molecule has 0 aliphatic carbocycles. The Morgan fingerprint density at radius 1 is 1.08 bits per heavy atom. The number of benzene rings is 1. The maximum absolute atomic E-state index is 5.99. The van der Waals surface area contributed by atoms with Crippen LogP contribution in [0, 0.1) is 6.92 Å². The van der Waals surface area contributed by atoms with Crippen LogP contribution in [0.15, 0.2) is 34.1 Å². The highest BCUT2D eigenvalue weighted by Gasteiger charge is 2.21. The Kier molecular flexibility index (Phi) is 5.34. The summed E-state index contributed by atoms with van der Waals surface area (Å²) in [5, 5.41) is 2.86. The van der Waals surface area contributed by atoms with Crippen LogP contribution in [0.1, 0.15) is 12.1 Å². The number of halogens is 2. The van der Waals surface area contributed by atoms with E-state index in [1.54, 1.807) is 11.3 Å². The minimum atomic E-state index is 0.772. The van der Waals surface area contributed by atoms with Crippen LogP contribution >= 0.6 is 38.9 Å². The second kappa shape index (κ2) is 7.71. The number of aryl methyl sites for hydroxylation is 1. The Hall–Kier alpha value is -1.37. The van der Waals surface area contributed by atoms with Crippen molar-refractivity contribution >= 4 is 60.7 Å². The van der Waals surface area contributed by atoms with Gasteiger partial charge in [-0.15, -0.1) is 11.3 Å². The summed E-state index contributed by atoms with van der Waals surface area (Å²) in [6.45, 7) is 7.68. The molecule has 4 rings (SSSR count). The van der Waals surface area contributed by atoms with E-state index in [2.05, 4.69) is 50.2 Å². The third kappa shape index (κ3) is 3.55. The quantitative estimate of drug-likeness (QED) is 0.547. The van der Waals surface area contributed by atoms with Crippen molar-refractivity contribution < 1.29 is 0 Å². The summed E-state index contributed by atoms with van der Waals surface area (Å²) in [5.74, 6) is 0.829. The van der Waals surface area contributed by atoms with Gasteiger partial charge < -0.3 is 9.80 Å². The molecule has 2 aromatic heterocycles. The van der Waals surface area contributed by atoms with E-state index in [-0.39, 0.29) is 0 Å². The Morgan fingerprint density at radius 2 is 1.77 bits per heavy atom. The zero-order valence-electron chi connectivity index (χ0n) is 14.3. The Balaban J connectivity index is 1.55. The van der Waals surface area contributed by atoms with Gasteiger partial charge in [-0.3, -0.25) is 0 Å². The number of thiophene rings is 1. The molecule has 0 N–H and O–H groups in total. The normalized spacial score (nSPS) is 15.0. The highest BCUT2D eigenvalue weighted by Crippen LogP contribution is 2.33. The molecule has 1 aromatic carbocycles. The summed E-state index contributed by atoms with van der Waals surface area (Å²) < 4.78 is 2.22. The third-order valence-corrected chi connectivity index (χ3v) is 6.78. The number of anilines is 2. The fourth-order valence-electron chi connectivity index (χ4n) is 3.23. The van der Waals surface area contributed by atoms with Crippen LogP contribution in [0.4, 0.5) is 11.6 Å². The minimum Gasteiger partial charge on any atom is -0.368 e. The number of aromatic nitrogens is 2. The molecule has 26 heavy (non-hydrogen) atoms. The predicted octanol–water partition coefficient (Wildman–Crippen LogP) is 5.20. The molecule has 1 radical (unpaired) electrons. The lowest BCUT2D eigenvalue weighted by Gasteiger charge is -2.36. The van der Waals surface area contributed by atoms with Gasteiger partial charge in [-0.25, -0.2) is 9.97 Å². The van der Waals surface area contributed by atoms with Gasteiger partial charge in [-0.1, -0.05) is 18.5 Å². The van der Waals surface area contributed by atoms with Gasteiger partial charge in [-0.2, -0.15) is 0 Å². The summed E-state index contributed by atoms with van der Waals surface area (Å²) in [6.07, 6.45) is 1.72. The molecule has 7 heteroatoms. The Bertz CT molecular complexity index is 904. The topological polar surface area (TPSA) is 32.3 Å². The molecule has 1 saturated heterocycles. The van der Waals surface area contributed by atoms with Crippen molar-refractivity contribution in [2.75, 3.05) is 36.0 Å². The minimum absolute atomic E-state index is 0.772. The first kappa shape index (κ1) is 18.0. The maximum atomic E-state index is 5.99. The van der Waals surface area contributed by atoms with E-state index in [1.165, 1.54) is 10.4 Å². The summed E-state index contributed by atoms with van der Waals surface area (Å²) in [6, 6.07) is 8.05. The molecule has 4 nitrogen and oxygen atoms in total. The van der Waals surface area contributed by atoms with Crippen LogP contribution in [-0.4, -0.2) is 36.1 Å². The summed E-state index contributed by atoms with van der Waals surface area (Å²) in [5.41, 5.74) is 3.34. The van der Waals surface area contributed by atoms with Crippen molar-refractivity contribution in [3.63, 3.8) is 0 Å². The molecular weight excluding hydrogens is 432 g/mol. The molecule has 1 fully saturated rings. The SMILES string of the molecule is [CH2]CCc1nc(N2CCN(c3ccc(Cl)cc3)CC2)nc2c(Br)csc12. The van der Waals surface area contributed by atoms with Crippen molar-refractivity contribution in [2.24, 2.45) is 0 Å². The first-order chi connectivity index (χ1) is 12.7. The van der Waals surface area contributed by atoms with Gasteiger partial charge >= 0.3 is 0 Å². The lowest BCUT2D eigenvalue weighted by Crippen LogP contribution is -2.47. The van der Waals surface area contributed by atoms with E-state index in [9.17, 15) is 0 Å². The standard InChI is InChI=1S/C19H19BrClN4S/c1-2-3-16-18-17(15(20)12-26-18)23-19(22-16)25-10-8-24(9-11-25)14-6-4-13(21)5-7-14/h4-7,12H,1-3,8-11H2. The predicted molar refractivity (Wildman–Crippen MR) is 115 cm³/mol. The van der Waals surface area contributed by atoms with E-state index in [0.29, 0.717) is 0 Å². The van der Waals surface area contributed by atoms with Crippen LogP contribution in [0.2, 0.25) is 5.02 Å². The zero-order chi connectivity index (χ0) is 18.1. The van der Waals surface area contributed by atoms with Crippen LogP contribution in [-0.2, 0) is 6.42 Å². The lowest BCUT2D eigenvalue weighted by atomic mass is 10.2. The maximum Gasteiger partial charge on any atom is 0.226 e. The monoisotopic (exact) mass is 449 g/mol. The van der Waals surface area contributed by atoms with Gasteiger partial charge in [-0.05, 0) is 53.0 Å². The average molecular weight is 451 g/mol. The number of piperazine rings is 1. The molecule has 0 spiro atoms. The van der Waals surface area contributed by atoms with E-state index in [4.69, 9.17) is 21.6 Å². The van der Waals surface area contributed by atoms with E-state index in [0.717, 1.165) is 65.7 Å². The van der Waals surface area contributed by atoms with Crippen molar-refractivity contribution in [1.82, 2.24) is 9.97 Å². The smallest absolute Gasteiger partial charge is 0.226 e. The summed E-state index contributed by atoms with van der Waals surface area (Å²) >= 11 is 11.3. The second-order valence-corrected chi connectivity index (χ2v) is 8.46. The van der Waals surface area contributed by atoms with E-state index in [1.807, 2.05) is 12.1 Å². The van der Waals surface area contributed by atoms with Crippen LogP contribution < -0.4 is 9.80 Å². The van der Waals surface area contributed by atoms with Gasteiger partial charge in [0.15, 0.2) is 0 Å². The number of hydrogen-bond donors (Lipinski definition) is 0. The van der Waals surface area contributed by atoms with E-state index >= 15 is 0 Å². The van der Waals surface area contributed by atoms with E-state index < -0.39 is 0 Å². The Labute approximate surface area is 170 Å². The highest BCUT2D eigenvalue weighted by molar-refractivity contribution is 9.10. The summed E-state index contributed by atoms with van der Waals surface area (Å²) in [7, 11) is 0. The zero-order valence-corrected chi connectivity index (χ0v) is 17.4. The van der Waals surface area contributed by atoms with Gasteiger partial charge in [0.1, 0.15) is 5.52 Å². The number of rotatable bonds is 4. The van der Waals surface area contributed by atoms with Crippen LogP contribution in [0.3, 0.4) is 0 Å². The number of fused-ring (bicyclic) bond motifs is 1. The van der Waals surface area contributed by atoms with Gasteiger partial charge in [0.05, 0.1) is 14.9 Å². The Morgan fingerprint density at radius 3 is 2.46 bits per heavy atom. The molecule has 135 valence electrons. The van der Waals surface area contributed by atoms with Crippen molar-refractivity contribution in [3.8, 4) is 0 Å². The van der Waals surface area contributed by atoms with Crippen molar-refractivity contribution in [1.29, 1.82) is 0 Å². The van der Waals surface area contributed by atoms with Crippen molar-refractivity contribution in [3.05, 3.63) is 51.8 Å². The first-order valence-corrected chi connectivity index (χ1v) is 10.7. The molecule has 3 heterocycles. The fourth-order valence-corrected chi connectivity index (χ4v) is 4.94. The molecule has 0 unspecified atom stereocenters. The van der Waals surface area contributed by atoms with Crippen molar-refractivity contribution in [2.45, 2.75) is 12.8 Å². The molecule has 0 saturated carbocycles. The number of hydrogen-bond acceptors (Lipinski definition) is 5. The van der Waals surface area contributed by atoms with Crippen LogP contribution in [0.25, 0.3) is 10.2 Å². The third-order valence-electron chi connectivity index (χ3n) is 4.60. The molecule has 0 atom stereocenters. The summed E-state index contributed by atoms with van der Waals surface area (Å²) in [4.78, 5) is 14.4. The largest absolute Gasteiger partial charge is 0.368 e. The molecule has 1 aliphatic rings. The molecule has 0 amide bonds. The highest BCUT2D eigenvalue weighted by atomic mass is 79.9. The molecular formula is C19H19BrClN4S. The second-order valence-electron chi connectivity index (χ2n) is 6.29. The fraction of sp³-hybridized carbons (Fsp3) is 0.316. The van der Waals surface area contributed by atoms with Gasteiger partial charge in [0.25, 0.3) is 0 Å². The number of nitrogens with zero attached hydrogens (tertiary/aromatic N) is 4. The lowest BCUT2D eigenvalue weighted by molar-refractivity contribution is 0.639. The van der Waals surface area contributed by atoms with Gasteiger partial charge in [0, 0.05) is 42.3 Å². The molecule has 3 aromatic rings. The van der Waals surface area contributed by atoms with Crippen LogP contribution in [0.5, 0.6) is 0 Å². The molecule has 0 bridgehead atoms. The molecule has 1 aliphatic heterocycles.